The number of nitrogens with one attached hydrogen (secondary N) is 2. The number of carbonyl (C=O) groups is 3. The predicted octanol–water partition coefficient (Wildman–Crippen LogP) is 5.86. The van der Waals surface area contributed by atoms with Gasteiger partial charge in [-0.05, 0) is 56.0 Å². The lowest BCUT2D eigenvalue weighted by molar-refractivity contribution is 0.0634. The molecular weight excluding hydrogens is 546 g/mol. The monoisotopic (exact) mass is 575 g/mol. The first-order valence-corrected chi connectivity index (χ1v) is 13.6. The molecule has 0 saturated carbocycles. The Morgan fingerprint density at radius 1 is 1.07 bits per heavy atom. The molecule has 1 aliphatic heterocycles. The predicted molar refractivity (Wildman–Crippen MR) is 158 cm³/mol. The summed E-state index contributed by atoms with van der Waals surface area (Å²) in [4.78, 5) is 44.3. The molecule has 2 heterocycles. The molecule has 1 aromatic heterocycles. The normalized spacial score (nSPS) is 14.6. The number of ether oxygens (including phenoxy) is 1. The van der Waals surface area contributed by atoms with E-state index < -0.39 is 17.6 Å². The fourth-order valence-corrected chi connectivity index (χ4v) is 5.18. The van der Waals surface area contributed by atoms with Crippen molar-refractivity contribution >= 4 is 57.5 Å². The zero-order valence-electron chi connectivity index (χ0n) is 23.1. The van der Waals surface area contributed by atoms with Crippen LogP contribution in [0.5, 0.6) is 5.75 Å². The minimum absolute atomic E-state index is 0.0732. The molecule has 212 valence electrons. The average Bonchev–Trinajstić information content (AvgIpc) is 3.47. The molecule has 0 spiro atoms. The lowest BCUT2D eigenvalue weighted by Crippen LogP contribution is -2.30. The largest absolute Gasteiger partial charge is 0.507 e. The number of phenolic OH excluding ortho intramolecular Hbond substituents is 1. The number of alkyl halides is 1. The van der Waals surface area contributed by atoms with Gasteiger partial charge in [-0.3, -0.25) is 14.9 Å². The minimum Gasteiger partial charge on any atom is -0.507 e. The van der Waals surface area contributed by atoms with Crippen LogP contribution in [0, 0.1) is 0 Å². The number of benzene rings is 3. The van der Waals surface area contributed by atoms with Gasteiger partial charge in [-0.15, -0.1) is 11.6 Å². The Morgan fingerprint density at radius 3 is 2.41 bits per heavy atom. The van der Waals surface area contributed by atoms with Gasteiger partial charge in [0.05, 0.1) is 5.69 Å². The Bertz CT molecular complexity index is 1660. The Labute approximate surface area is 241 Å². The van der Waals surface area contributed by atoms with Crippen LogP contribution in [0.2, 0.25) is 0 Å². The summed E-state index contributed by atoms with van der Waals surface area (Å²) in [5.74, 6) is -0.134. The van der Waals surface area contributed by atoms with E-state index in [1.165, 1.54) is 10.8 Å². The van der Waals surface area contributed by atoms with Gasteiger partial charge in [-0.1, -0.05) is 24.3 Å². The van der Waals surface area contributed by atoms with E-state index in [0.29, 0.717) is 29.4 Å². The number of nitrogens with zero attached hydrogens (tertiary/aromatic N) is 3. The van der Waals surface area contributed by atoms with Crippen LogP contribution in [-0.2, 0) is 11.8 Å². The topological polar surface area (TPSA) is 126 Å². The number of carbonyl (C=O) groups excluding carboxylic acids is 3. The molecule has 0 radical (unpaired) electrons. The molecule has 3 amide bonds. The number of halogens is 1. The number of phenols is 1. The van der Waals surface area contributed by atoms with Crippen molar-refractivity contribution in [2.75, 3.05) is 28.0 Å². The number of aryl methyl sites for hydroxylation is 1. The summed E-state index contributed by atoms with van der Waals surface area (Å²) in [7, 11) is 1.63. The van der Waals surface area contributed by atoms with Crippen molar-refractivity contribution in [3.8, 4) is 5.75 Å². The second-order valence-corrected chi connectivity index (χ2v) is 11.2. The van der Waals surface area contributed by atoms with Crippen LogP contribution in [-0.4, -0.2) is 50.6 Å². The standard InChI is InChI=1S/C30H30ClN5O5/c1-30(2,3)41-29(40)34-24-16-35(4)26(33-24)27(38)32-19-11-9-17(10-12-19)28(39)36-15-18(14-31)25-21-8-6-5-7-20(21)23(37)13-22(25)36/h5-13,16,18,37H,14-15H2,1-4H3,(H,32,38)(H,34,40)/t18-/m1/s1. The van der Waals surface area contributed by atoms with Crippen LogP contribution in [0.25, 0.3) is 10.8 Å². The van der Waals surface area contributed by atoms with Crippen LogP contribution < -0.4 is 15.5 Å². The summed E-state index contributed by atoms with van der Waals surface area (Å²) < 4.78 is 6.70. The third kappa shape index (κ3) is 5.69. The molecule has 0 bridgehead atoms. The molecule has 3 N–H and O–H groups in total. The van der Waals surface area contributed by atoms with E-state index in [0.717, 1.165) is 16.3 Å². The number of rotatable bonds is 5. The molecule has 5 rings (SSSR count). The smallest absolute Gasteiger partial charge is 0.413 e. The van der Waals surface area contributed by atoms with Crippen LogP contribution in [0.1, 0.15) is 53.2 Å². The number of hydrogen-bond acceptors (Lipinski definition) is 6. The molecule has 41 heavy (non-hydrogen) atoms. The van der Waals surface area contributed by atoms with E-state index in [4.69, 9.17) is 16.3 Å². The maximum atomic E-state index is 13.6. The van der Waals surface area contributed by atoms with Gasteiger partial charge in [-0.25, -0.2) is 9.78 Å². The Hall–Kier alpha value is -4.57. The second-order valence-electron chi connectivity index (χ2n) is 10.9. The van der Waals surface area contributed by atoms with Crippen molar-refractivity contribution in [3.63, 3.8) is 0 Å². The number of hydrogen-bond donors (Lipinski definition) is 3. The van der Waals surface area contributed by atoms with Gasteiger partial charge in [0, 0.05) is 54.3 Å². The number of imidazole rings is 1. The molecular formula is C30H30ClN5O5. The molecule has 4 aromatic rings. The first-order valence-electron chi connectivity index (χ1n) is 13.0. The maximum absolute atomic E-state index is 13.6. The van der Waals surface area contributed by atoms with E-state index >= 15 is 0 Å². The maximum Gasteiger partial charge on any atom is 0.413 e. The van der Waals surface area contributed by atoms with Gasteiger partial charge in [0.25, 0.3) is 11.8 Å². The lowest BCUT2D eigenvalue weighted by Gasteiger charge is -2.19. The van der Waals surface area contributed by atoms with E-state index in [2.05, 4.69) is 15.6 Å². The van der Waals surface area contributed by atoms with Crippen molar-refractivity contribution in [3.05, 3.63) is 77.7 Å². The van der Waals surface area contributed by atoms with Crippen LogP contribution in [0.15, 0.2) is 60.8 Å². The van der Waals surface area contributed by atoms with Crippen molar-refractivity contribution < 1.29 is 24.2 Å². The summed E-state index contributed by atoms with van der Waals surface area (Å²) in [5.41, 5.74) is 1.78. The van der Waals surface area contributed by atoms with Crippen molar-refractivity contribution in [1.29, 1.82) is 0 Å². The molecule has 11 heteroatoms. The number of fused-ring (bicyclic) bond motifs is 3. The first kappa shape index (κ1) is 28.0. The zero-order chi connectivity index (χ0) is 29.5. The van der Waals surface area contributed by atoms with Crippen LogP contribution in [0.3, 0.4) is 0 Å². The van der Waals surface area contributed by atoms with Gasteiger partial charge in [0.1, 0.15) is 11.4 Å². The zero-order valence-corrected chi connectivity index (χ0v) is 23.8. The van der Waals surface area contributed by atoms with E-state index in [1.54, 1.807) is 63.1 Å². The second kappa shape index (κ2) is 10.8. The lowest BCUT2D eigenvalue weighted by atomic mass is 9.95. The Morgan fingerprint density at radius 2 is 1.76 bits per heavy atom. The molecule has 0 fully saturated rings. The molecule has 3 aromatic carbocycles. The number of aromatic hydroxyl groups is 1. The Balaban J connectivity index is 1.31. The minimum atomic E-state index is -0.677. The molecule has 0 saturated heterocycles. The highest BCUT2D eigenvalue weighted by atomic mass is 35.5. The summed E-state index contributed by atoms with van der Waals surface area (Å²) in [6.45, 7) is 5.63. The summed E-state index contributed by atoms with van der Waals surface area (Å²) in [5, 5.41) is 17.5. The molecule has 1 atom stereocenters. The van der Waals surface area contributed by atoms with Gasteiger partial charge >= 0.3 is 6.09 Å². The van der Waals surface area contributed by atoms with E-state index in [9.17, 15) is 19.5 Å². The summed E-state index contributed by atoms with van der Waals surface area (Å²) >= 11 is 6.30. The van der Waals surface area contributed by atoms with Gasteiger partial charge < -0.3 is 24.6 Å². The van der Waals surface area contributed by atoms with Gasteiger partial charge in [0.2, 0.25) is 5.82 Å². The average molecular weight is 576 g/mol. The summed E-state index contributed by atoms with van der Waals surface area (Å²) in [6, 6.07) is 15.7. The molecule has 0 unspecified atom stereocenters. The van der Waals surface area contributed by atoms with E-state index in [1.807, 2.05) is 24.3 Å². The highest BCUT2D eigenvalue weighted by Gasteiger charge is 2.35. The van der Waals surface area contributed by atoms with Crippen molar-refractivity contribution in [1.82, 2.24) is 9.55 Å². The fraction of sp³-hybridized carbons (Fsp3) is 0.267. The van der Waals surface area contributed by atoms with E-state index in [-0.39, 0.29) is 29.2 Å². The molecule has 10 nitrogen and oxygen atoms in total. The first-order chi connectivity index (χ1) is 19.4. The highest BCUT2D eigenvalue weighted by Crippen LogP contribution is 2.45. The SMILES string of the molecule is Cn1cc(NC(=O)OC(C)(C)C)nc1C(=O)Nc1ccc(C(=O)N2C[C@@H](CCl)c3c2cc(O)c2ccccc32)cc1. The number of amides is 3. The van der Waals surface area contributed by atoms with Gasteiger partial charge in [-0.2, -0.15) is 0 Å². The Kier molecular flexibility index (Phi) is 7.35. The molecule has 0 aliphatic carbocycles. The van der Waals surface area contributed by atoms with Crippen molar-refractivity contribution in [2.45, 2.75) is 32.3 Å². The number of anilines is 3. The third-order valence-electron chi connectivity index (χ3n) is 6.67. The third-order valence-corrected chi connectivity index (χ3v) is 7.05. The number of aromatic nitrogens is 2. The van der Waals surface area contributed by atoms with Gasteiger partial charge in [0.15, 0.2) is 5.82 Å². The highest BCUT2D eigenvalue weighted by molar-refractivity contribution is 6.19. The molecule has 1 aliphatic rings. The van der Waals surface area contributed by atoms with Crippen molar-refractivity contribution in [2.24, 2.45) is 7.05 Å². The van der Waals surface area contributed by atoms with Crippen LogP contribution >= 0.6 is 11.6 Å². The summed E-state index contributed by atoms with van der Waals surface area (Å²) in [6.07, 6.45) is 0.827. The fourth-order valence-electron chi connectivity index (χ4n) is 4.93. The quantitative estimate of drug-likeness (QED) is 0.256. The van der Waals surface area contributed by atoms with Crippen LogP contribution in [0.4, 0.5) is 22.0 Å².